The largest absolute Gasteiger partial charge is 0.467 e. The van der Waals surface area contributed by atoms with Gasteiger partial charge >= 0.3 is 0 Å². The van der Waals surface area contributed by atoms with Crippen LogP contribution in [0.25, 0.3) is 0 Å². The number of nitrogens with one attached hydrogen (secondary N) is 3. The monoisotopic (exact) mass is 546 g/mol. The second kappa shape index (κ2) is 10.1. The van der Waals surface area contributed by atoms with Crippen molar-refractivity contribution < 1.29 is 9.21 Å². The number of benzene rings is 1. The summed E-state index contributed by atoms with van der Waals surface area (Å²) in [7, 11) is 1.70. The van der Waals surface area contributed by atoms with E-state index < -0.39 is 0 Å². The van der Waals surface area contributed by atoms with Crippen molar-refractivity contribution in [1.29, 1.82) is 0 Å². The van der Waals surface area contributed by atoms with E-state index in [1.807, 2.05) is 12.1 Å². The van der Waals surface area contributed by atoms with E-state index in [0.717, 1.165) is 29.6 Å². The lowest BCUT2D eigenvalue weighted by molar-refractivity contribution is -0.120. The van der Waals surface area contributed by atoms with Crippen molar-refractivity contribution in [3.05, 3.63) is 58.5 Å². The first kappa shape index (κ1) is 21.7. The van der Waals surface area contributed by atoms with Crippen LogP contribution in [0.15, 0.2) is 56.5 Å². The molecule has 27 heavy (non-hydrogen) atoms. The number of hydrogen-bond donors (Lipinski definition) is 3. The number of guanidine groups is 1. The number of carbonyl (C=O) groups excluding carboxylic acids is 1. The van der Waals surface area contributed by atoms with Crippen LogP contribution in [0.5, 0.6) is 0 Å². The smallest absolute Gasteiger partial charge is 0.239 e. The van der Waals surface area contributed by atoms with Gasteiger partial charge in [-0.15, -0.1) is 24.0 Å². The third-order valence-electron chi connectivity index (χ3n) is 4.57. The number of aliphatic imine (C=N–C) groups is 1. The van der Waals surface area contributed by atoms with Crippen molar-refractivity contribution >= 4 is 51.8 Å². The van der Waals surface area contributed by atoms with Crippen LogP contribution in [0.1, 0.15) is 24.2 Å². The Morgan fingerprint density at radius 2 is 1.96 bits per heavy atom. The maximum absolute atomic E-state index is 11.9. The van der Waals surface area contributed by atoms with Crippen molar-refractivity contribution in [3.63, 3.8) is 0 Å². The molecule has 1 aliphatic carbocycles. The highest BCUT2D eigenvalue weighted by molar-refractivity contribution is 14.0. The third kappa shape index (κ3) is 5.97. The minimum absolute atomic E-state index is 0. The standard InChI is InChI=1S/C19H23BrN4O2.HI/c1-21-18(23-12-17(25)22-11-14-5-4-10-26-14)24-13-19(8-9-19)15-6-2-3-7-16(15)20;/h2-7,10H,8-9,11-13H2,1H3,(H,22,25)(H2,21,23,24);1H. The lowest BCUT2D eigenvalue weighted by Gasteiger charge is -2.20. The first-order valence-electron chi connectivity index (χ1n) is 8.61. The first-order valence-corrected chi connectivity index (χ1v) is 9.41. The van der Waals surface area contributed by atoms with Crippen LogP contribution >= 0.6 is 39.9 Å². The van der Waals surface area contributed by atoms with Crippen LogP contribution in [-0.2, 0) is 16.8 Å². The molecule has 1 amide bonds. The number of carbonyl (C=O) groups is 1. The Balaban J connectivity index is 0.00000261. The zero-order chi connectivity index (χ0) is 18.4. The van der Waals surface area contributed by atoms with Crippen molar-refractivity contribution in [2.75, 3.05) is 20.1 Å². The topological polar surface area (TPSA) is 78.7 Å². The molecule has 0 saturated heterocycles. The molecule has 1 heterocycles. The van der Waals surface area contributed by atoms with Gasteiger partial charge in [0.25, 0.3) is 0 Å². The molecule has 3 N–H and O–H groups in total. The average molecular weight is 547 g/mol. The van der Waals surface area contributed by atoms with Gasteiger partial charge < -0.3 is 20.4 Å². The highest BCUT2D eigenvalue weighted by atomic mass is 127. The van der Waals surface area contributed by atoms with Gasteiger partial charge in [-0.25, -0.2) is 0 Å². The molecule has 0 unspecified atom stereocenters. The molecular formula is C19H24BrIN4O2. The Morgan fingerprint density at radius 3 is 2.59 bits per heavy atom. The van der Waals surface area contributed by atoms with E-state index in [9.17, 15) is 4.79 Å². The van der Waals surface area contributed by atoms with Crippen LogP contribution in [0.4, 0.5) is 0 Å². The maximum atomic E-state index is 11.9. The van der Waals surface area contributed by atoms with Gasteiger partial charge in [0, 0.05) is 23.5 Å². The highest BCUT2D eigenvalue weighted by Gasteiger charge is 2.45. The summed E-state index contributed by atoms with van der Waals surface area (Å²) in [4.78, 5) is 16.1. The molecule has 3 rings (SSSR count). The Hall–Kier alpha value is -1.55. The quantitative estimate of drug-likeness (QED) is 0.283. The second-order valence-corrected chi connectivity index (χ2v) is 7.25. The van der Waals surface area contributed by atoms with Gasteiger partial charge in [0.15, 0.2) is 5.96 Å². The van der Waals surface area contributed by atoms with Gasteiger partial charge in [0.1, 0.15) is 5.76 Å². The Labute approximate surface area is 184 Å². The second-order valence-electron chi connectivity index (χ2n) is 6.40. The van der Waals surface area contributed by atoms with E-state index in [2.05, 4.69) is 55.1 Å². The molecule has 0 radical (unpaired) electrons. The molecule has 1 aromatic carbocycles. The third-order valence-corrected chi connectivity index (χ3v) is 5.26. The van der Waals surface area contributed by atoms with E-state index in [-0.39, 0.29) is 41.8 Å². The number of amides is 1. The normalized spacial score (nSPS) is 14.8. The average Bonchev–Trinajstić information content (AvgIpc) is 3.25. The number of halogens is 2. The van der Waals surface area contributed by atoms with Crippen LogP contribution in [0.2, 0.25) is 0 Å². The molecule has 2 aromatic rings. The van der Waals surface area contributed by atoms with Crippen LogP contribution in [-0.4, -0.2) is 32.0 Å². The van der Waals surface area contributed by atoms with Crippen molar-refractivity contribution in [2.24, 2.45) is 4.99 Å². The van der Waals surface area contributed by atoms with Gasteiger partial charge in [0.05, 0.1) is 19.4 Å². The highest BCUT2D eigenvalue weighted by Crippen LogP contribution is 2.49. The van der Waals surface area contributed by atoms with Gasteiger partial charge in [-0.05, 0) is 36.6 Å². The molecule has 0 atom stereocenters. The van der Waals surface area contributed by atoms with Gasteiger partial charge in [0.2, 0.25) is 5.91 Å². The van der Waals surface area contributed by atoms with Crippen molar-refractivity contribution in [1.82, 2.24) is 16.0 Å². The number of rotatable bonds is 7. The summed E-state index contributed by atoms with van der Waals surface area (Å²) in [5, 5.41) is 9.19. The SMILES string of the molecule is CN=C(NCC(=O)NCc1ccco1)NCC1(c2ccccc2Br)CC1.I. The van der Waals surface area contributed by atoms with E-state index in [4.69, 9.17) is 4.42 Å². The molecule has 6 nitrogen and oxygen atoms in total. The summed E-state index contributed by atoms with van der Waals surface area (Å²) < 4.78 is 6.33. The Kier molecular flexibility index (Phi) is 8.15. The van der Waals surface area contributed by atoms with Gasteiger partial charge in [-0.3, -0.25) is 9.79 Å². The molecule has 1 saturated carbocycles. The summed E-state index contributed by atoms with van der Waals surface area (Å²) in [5.74, 6) is 1.23. The molecule has 0 spiro atoms. The molecule has 146 valence electrons. The number of nitrogens with zero attached hydrogens (tertiary/aromatic N) is 1. The summed E-state index contributed by atoms with van der Waals surface area (Å²) in [5.41, 5.74) is 1.46. The van der Waals surface area contributed by atoms with Crippen LogP contribution < -0.4 is 16.0 Å². The fourth-order valence-electron chi connectivity index (χ4n) is 2.88. The molecule has 1 aliphatic rings. The fourth-order valence-corrected chi connectivity index (χ4v) is 3.59. The van der Waals surface area contributed by atoms with Crippen molar-refractivity contribution in [3.8, 4) is 0 Å². The molecule has 8 heteroatoms. The van der Waals surface area contributed by atoms with E-state index in [0.29, 0.717) is 12.5 Å². The van der Waals surface area contributed by atoms with E-state index in [1.54, 1.807) is 19.4 Å². The first-order chi connectivity index (χ1) is 12.6. The molecular weight excluding hydrogens is 523 g/mol. The van der Waals surface area contributed by atoms with E-state index >= 15 is 0 Å². The maximum Gasteiger partial charge on any atom is 0.239 e. The Morgan fingerprint density at radius 1 is 1.19 bits per heavy atom. The van der Waals surface area contributed by atoms with Gasteiger partial charge in [-0.1, -0.05) is 34.1 Å². The molecule has 1 aromatic heterocycles. The summed E-state index contributed by atoms with van der Waals surface area (Å²) in [6, 6.07) is 12.0. The zero-order valence-electron chi connectivity index (χ0n) is 15.1. The van der Waals surface area contributed by atoms with Crippen LogP contribution in [0, 0.1) is 0 Å². The summed E-state index contributed by atoms with van der Waals surface area (Å²) in [6.07, 6.45) is 3.87. The van der Waals surface area contributed by atoms with Crippen LogP contribution in [0.3, 0.4) is 0 Å². The van der Waals surface area contributed by atoms with E-state index in [1.165, 1.54) is 5.56 Å². The summed E-state index contributed by atoms with van der Waals surface area (Å²) in [6.45, 7) is 1.32. The minimum Gasteiger partial charge on any atom is -0.467 e. The predicted octanol–water partition coefficient (Wildman–Crippen LogP) is 3.17. The lowest BCUT2D eigenvalue weighted by atomic mass is 9.96. The minimum atomic E-state index is -0.115. The lowest BCUT2D eigenvalue weighted by Crippen LogP contribution is -2.45. The summed E-state index contributed by atoms with van der Waals surface area (Å²) >= 11 is 3.65. The van der Waals surface area contributed by atoms with Crippen molar-refractivity contribution in [2.45, 2.75) is 24.8 Å². The molecule has 0 bridgehead atoms. The molecule has 1 fully saturated rings. The molecule has 0 aliphatic heterocycles. The number of hydrogen-bond acceptors (Lipinski definition) is 3. The number of furan rings is 1. The predicted molar refractivity (Wildman–Crippen MR) is 120 cm³/mol. The zero-order valence-corrected chi connectivity index (χ0v) is 19.0. The van der Waals surface area contributed by atoms with Gasteiger partial charge in [-0.2, -0.15) is 0 Å². The Bertz CT molecular complexity index is 776. The fraction of sp³-hybridized carbons (Fsp3) is 0.368.